The fourth-order valence-electron chi connectivity index (χ4n) is 5.19. The highest BCUT2D eigenvalue weighted by atomic mass is 35.5. The molecule has 3 aromatic carbocycles. The van der Waals surface area contributed by atoms with Crippen LogP contribution in [0, 0.1) is 0 Å². The average molecular weight is 584 g/mol. The molecule has 6 rings (SSSR count). The first kappa shape index (κ1) is 27.0. The van der Waals surface area contributed by atoms with Crippen molar-refractivity contribution in [3.8, 4) is 16.9 Å². The molecule has 0 atom stereocenters. The molecule has 0 unspecified atom stereocenters. The van der Waals surface area contributed by atoms with Gasteiger partial charge in [-0.2, -0.15) is 13.2 Å². The maximum absolute atomic E-state index is 13.8. The van der Waals surface area contributed by atoms with Crippen LogP contribution in [0.2, 0.25) is 5.02 Å². The number of anilines is 3. The number of hydrogen-bond donors (Lipinski definition) is 2. The Morgan fingerprint density at radius 2 is 1.78 bits per heavy atom. The van der Waals surface area contributed by atoms with E-state index in [2.05, 4.69) is 10.4 Å². The van der Waals surface area contributed by atoms with Crippen LogP contribution in [-0.4, -0.2) is 50.3 Å². The highest BCUT2D eigenvalue weighted by Gasteiger charge is 2.33. The molecule has 4 aromatic rings. The van der Waals surface area contributed by atoms with E-state index >= 15 is 0 Å². The number of fused-ring (bicyclic) bond motifs is 2. The van der Waals surface area contributed by atoms with Gasteiger partial charge in [-0.1, -0.05) is 41.9 Å². The van der Waals surface area contributed by atoms with E-state index < -0.39 is 11.7 Å². The standard InChI is InChI=1S/C29H25ClF3N5O3/c30-22-15-17(29(31,32)33)14-20(25(22)34)18-4-3-5-19-26(18)35-16-21(27(19)37-8-11-40-12-9-37)28(39)36-38-10-13-41-24-7-2-1-6-23(24)38/h1-7,14-16H,8-13,34H2,(H,36,39). The van der Waals surface area contributed by atoms with Crippen LogP contribution in [0.25, 0.3) is 22.0 Å². The zero-order chi connectivity index (χ0) is 28.7. The second-order valence-electron chi connectivity index (χ2n) is 9.65. The van der Waals surface area contributed by atoms with Crippen molar-refractivity contribution in [2.75, 3.05) is 55.1 Å². The number of benzene rings is 3. The summed E-state index contributed by atoms with van der Waals surface area (Å²) in [4.78, 5) is 20.4. The minimum Gasteiger partial charge on any atom is -0.489 e. The summed E-state index contributed by atoms with van der Waals surface area (Å²) in [6, 6.07) is 14.3. The van der Waals surface area contributed by atoms with Gasteiger partial charge in [-0.15, -0.1) is 0 Å². The molecule has 0 radical (unpaired) electrons. The van der Waals surface area contributed by atoms with Gasteiger partial charge < -0.3 is 20.1 Å². The van der Waals surface area contributed by atoms with Crippen molar-refractivity contribution in [1.82, 2.24) is 10.4 Å². The van der Waals surface area contributed by atoms with Gasteiger partial charge in [0, 0.05) is 35.8 Å². The second-order valence-corrected chi connectivity index (χ2v) is 10.1. The molecule has 0 spiro atoms. The summed E-state index contributed by atoms with van der Waals surface area (Å²) in [6.07, 6.45) is -3.17. The maximum Gasteiger partial charge on any atom is 0.416 e. The van der Waals surface area contributed by atoms with Crippen LogP contribution < -0.4 is 25.8 Å². The summed E-state index contributed by atoms with van der Waals surface area (Å²) in [5, 5.41) is 2.12. The molecule has 1 saturated heterocycles. The largest absolute Gasteiger partial charge is 0.489 e. The second kappa shape index (κ2) is 10.6. The number of aromatic nitrogens is 1. The first-order valence-electron chi connectivity index (χ1n) is 12.9. The van der Waals surface area contributed by atoms with Gasteiger partial charge in [0.05, 0.1) is 58.5 Å². The Kier molecular flexibility index (Phi) is 7.00. The molecule has 0 aliphatic carbocycles. The van der Waals surface area contributed by atoms with Crippen molar-refractivity contribution < 1.29 is 27.4 Å². The Balaban J connectivity index is 1.48. The number of alkyl halides is 3. The van der Waals surface area contributed by atoms with E-state index in [1.54, 1.807) is 23.2 Å². The lowest BCUT2D eigenvalue weighted by Crippen LogP contribution is -2.47. The molecule has 212 valence electrons. The van der Waals surface area contributed by atoms with E-state index in [9.17, 15) is 18.0 Å². The number of amides is 1. The van der Waals surface area contributed by atoms with Crippen LogP contribution in [0.3, 0.4) is 0 Å². The minimum absolute atomic E-state index is 0.00897. The van der Waals surface area contributed by atoms with Crippen LogP contribution in [0.1, 0.15) is 15.9 Å². The van der Waals surface area contributed by atoms with Gasteiger partial charge in [0.1, 0.15) is 12.4 Å². The van der Waals surface area contributed by atoms with E-state index in [-0.39, 0.29) is 22.2 Å². The number of nitrogen functional groups attached to an aromatic ring is 1. The lowest BCUT2D eigenvalue weighted by molar-refractivity contribution is -0.137. The third-order valence-corrected chi connectivity index (χ3v) is 7.47. The van der Waals surface area contributed by atoms with Crippen molar-refractivity contribution in [3.05, 3.63) is 76.9 Å². The number of halogens is 4. The van der Waals surface area contributed by atoms with Crippen molar-refractivity contribution >= 4 is 45.5 Å². The fourth-order valence-corrected chi connectivity index (χ4v) is 5.41. The lowest BCUT2D eigenvalue weighted by atomic mass is 9.96. The number of ether oxygens (including phenoxy) is 2. The molecule has 12 heteroatoms. The molecule has 0 bridgehead atoms. The van der Waals surface area contributed by atoms with Crippen LogP contribution >= 0.6 is 11.6 Å². The molecular weight excluding hydrogens is 559 g/mol. The molecule has 41 heavy (non-hydrogen) atoms. The third kappa shape index (κ3) is 5.07. The monoisotopic (exact) mass is 583 g/mol. The Morgan fingerprint density at radius 1 is 1.00 bits per heavy atom. The van der Waals surface area contributed by atoms with Crippen LogP contribution in [0.4, 0.5) is 30.2 Å². The zero-order valence-electron chi connectivity index (χ0n) is 21.7. The smallest absolute Gasteiger partial charge is 0.416 e. The number of morpholine rings is 1. The summed E-state index contributed by atoms with van der Waals surface area (Å²) < 4.78 is 52.2. The predicted octanol–water partition coefficient (Wildman–Crippen LogP) is 5.54. The van der Waals surface area contributed by atoms with E-state index in [1.165, 1.54) is 6.20 Å². The van der Waals surface area contributed by atoms with E-state index in [0.29, 0.717) is 72.9 Å². The predicted molar refractivity (Wildman–Crippen MR) is 151 cm³/mol. The molecule has 3 N–H and O–H groups in total. The van der Waals surface area contributed by atoms with Crippen LogP contribution in [0.5, 0.6) is 5.75 Å². The average Bonchev–Trinajstić information content (AvgIpc) is 2.97. The zero-order valence-corrected chi connectivity index (χ0v) is 22.4. The number of nitrogens with two attached hydrogens (primary N) is 1. The topological polar surface area (TPSA) is 92.9 Å². The summed E-state index contributed by atoms with van der Waals surface area (Å²) in [7, 11) is 0. The van der Waals surface area contributed by atoms with Crippen molar-refractivity contribution in [2.45, 2.75) is 6.18 Å². The SMILES string of the molecule is Nc1c(Cl)cc(C(F)(F)F)cc1-c1cccc2c(N3CCOCC3)c(C(=O)NN3CCOc4ccccc43)cnc12. The van der Waals surface area contributed by atoms with Gasteiger partial charge in [0.25, 0.3) is 5.91 Å². The minimum atomic E-state index is -4.62. The van der Waals surface area contributed by atoms with Crippen molar-refractivity contribution in [1.29, 1.82) is 0 Å². The highest BCUT2D eigenvalue weighted by molar-refractivity contribution is 6.34. The van der Waals surface area contributed by atoms with E-state index in [4.69, 9.17) is 26.8 Å². The van der Waals surface area contributed by atoms with Gasteiger partial charge >= 0.3 is 6.18 Å². The van der Waals surface area contributed by atoms with Crippen molar-refractivity contribution in [3.63, 3.8) is 0 Å². The van der Waals surface area contributed by atoms with Gasteiger partial charge in [-0.05, 0) is 24.3 Å². The number of para-hydroxylation sites is 3. The molecular formula is C29H25ClF3N5O3. The number of pyridine rings is 1. The molecule has 0 saturated carbocycles. The third-order valence-electron chi connectivity index (χ3n) is 7.15. The molecule has 1 aromatic heterocycles. The normalized spacial score (nSPS) is 15.4. The molecule has 8 nitrogen and oxygen atoms in total. The Hall–Kier alpha value is -4.22. The lowest BCUT2D eigenvalue weighted by Gasteiger charge is -2.33. The van der Waals surface area contributed by atoms with Crippen molar-refractivity contribution in [2.24, 2.45) is 0 Å². The number of rotatable bonds is 4. The van der Waals surface area contributed by atoms with Gasteiger partial charge in [0.2, 0.25) is 0 Å². The number of hydrogen-bond acceptors (Lipinski definition) is 7. The summed E-state index contributed by atoms with van der Waals surface area (Å²) in [5.41, 5.74) is 10.8. The summed E-state index contributed by atoms with van der Waals surface area (Å²) in [5.74, 6) is 0.274. The van der Waals surface area contributed by atoms with E-state index in [1.807, 2.05) is 29.2 Å². The van der Waals surface area contributed by atoms with Gasteiger partial charge in [-0.3, -0.25) is 20.2 Å². The molecule has 1 fully saturated rings. The number of carbonyl (C=O) groups is 1. The molecule has 3 heterocycles. The van der Waals surface area contributed by atoms with E-state index in [0.717, 1.165) is 17.8 Å². The first-order chi connectivity index (χ1) is 19.7. The first-order valence-corrected chi connectivity index (χ1v) is 13.3. The molecule has 1 amide bonds. The molecule has 2 aliphatic heterocycles. The van der Waals surface area contributed by atoms with Gasteiger partial charge in [0.15, 0.2) is 0 Å². The summed E-state index contributed by atoms with van der Waals surface area (Å²) >= 11 is 6.14. The number of nitrogens with one attached hydrogen (secondary N) is 1. The Labute approximate surface area is 238 Å². The maximum atomic E-state index is 13.8. The quantitative estimate of drug-likeness (QED) is 0.305. The fraction of sp³-hybridized carbons (Fsp3) is 0.241. The van der Waals surface area contributed by atoms with Crippen LogP contribution in [0.15, 0.2) is 60.8 Å². The number of nitrogens with zero attached hydrogens (tertiary/aromatic N) is 3. The molecule has 2 aliphatic rings. The number of hydrazine groups is 1. The number of carbonyl (C=O) groups excluding carboxylic acids is 1. The Bertz CT molecular complexity index is 1640. The van der Waals surface area contributed by atoms with Crippen LogP contribution in [-0.2, 0) is 10.9 Å². The van der Waals surface area contributed by atoms with Gasteiger partial charge in [-0.25, -0.2) is 0 Å². The highest BCUT2D eigenvalue weighted by Crippen LogP contribution is 2.42. The Morgan fingerprint density at radius 3 is 2.56 bits per heavy atom. The summed E-state index contributed by atoms with van der Waals surface area (Å²) in [6.45, 7) is 2.78.